The van der Waals surface area contributed by atoms with Crippen LogP contribution < -0.4 is 0 Å². The molecule has 0 aromatic rings. The largest absolute Gasteiger partial charge is 0.469 e. The van der Waals surface area contributed by atoms with Crippen LogP contribution in [0.2, 0.25) is 0 Å². The van der Waals surface area contributed by atoms with Crippen molar-refractivity contribution in [3.63, 3.8) is 0 Å². The van der Waals surface area contributed by atoms with Crippen molar-refractivity contribution in [2.24, 2.45) is 23.7 Å². The van der Waals surface area contributed by atoms with E-state index in [4.69, 9.17) is 14.2 Å². The molecule has 114 valence electrons. The highest BCUT2D eigenvalue weighted by atomic mass is 16.5. The second-order valence-electron chi connectivity index (χ2n) is 4.81. The third-order valence-electron chi connectivity index (χ3n) is 3.79. The molecule has 4 atom stereocenters. The molecule has 1 saturated carbocycles. The minimum absolute atomic E-state index is 0.0339. The van der Waals surface area contributed by atoms with Gasteiger partial charge in [-0.25, -0.2) is 0 Å². The average molecular weight is 288 g/mol. The number of methoxy groups -OCH3 is 2. The van der Waals surface area contributed by atoms with Gasteiger partial charge in [-0.2, -0.15) is 0 Å². The molecule has 0 aliphatic heterocycles. The first-order valence-electron chi connectivity index (χ1n) is 6.36. The molecular formula is C13H20O7. The molecule has 1 aliphatic rings. The molecule has 1 aliphatic carbocycles. The number of aliphatic hydroxyl groups excluding tert-OH is 1. The molecule has 0 aromatic carbocycles. The number of hydrogen-bond acceptors (Lipinski definition) is 7. The predicted molar refractivity (Wildman–Crippen MR) is 66.3 cm³/mol. The highest BCUT2D eigenvalue weighted by Gasteiger charge is 2.50. The van der Waals surface area contributed by atoms with E-state index in [0.717, 1.165) is 0 Å². The molecule has 0 radical (unpaired) electrons. The fourth-order valence-electron chi connectivity index (χ4n) is 2.78. The van der Waals surface area contributed by atoms with Gasteiger partial charge in [-0.3, -0.25) is 14.4 Å². The van der Waals surface area contributed by atoms with Crippen LogP contribution >= 0.6 is 0 Å². The molecule has 0 saturated heterocycles. The Bertz CT molecular complexity index is 379. The molecule has 0 amide bonds. The van der Waals surface area contributed by atoms with Crippen LogP contribution in [0.5, 0.6) is 0 Å². The summed E-state index contributed by atoms with van der Waals surface area (Å²) in [5, 5.41) is 9.49. The van der Waals surface area contributed by atoms with Crippen LogP contribution in [-0.2, 0) is 28.6 Å². The maximum absolute atomic E-state index is 11.8. The third-order valence-corrected chi connectivity index (χ3v) is 3.79. The van der Waals surface area contributed by atoms with Gasteiger partial charge in [-0.1, -0.05) is 0 Å². The van der Waals surface area contributed by atoms with Crippen molar-refractivity contribution in [3.05, 3.63) is 0 Å². The Balaban J connectivity index is 2.94. The molecule has 1 N–H and O–H groups in total. The molecule has 0 unspecified atom stereocenters. The van der Waals surface area contributed by atoms with Crippen LogP contribution in [0.1, 0.15) is 13.3 Å². The molecule has 1 fully saturated rings. The van der Waals surface area contributed by atoms with E-state index in [1.165, 1.54) is 21.1 Å². The molecule has 20 heavy (non-hydrogen) atoms. The van der Waals surface area contributed by atoms with Crippen molar-refractivity contribution in [3.8, 4) is 0 Å². The number of ether oxygens (including phenoxy) is 3. The minimum atomic E-state index is -0.602. The Kier molecular flexibility index (Phi) is 5.94. The predicted octanol–water partition coefficient (Wildman–Crippen LogP) is -0.244. The summed E-state index contributed by atoms with van der Waals surface area (Å²) < 4.78 is 14.3. The molecule has 1 rings (SSSR count). The van der Waals surface area contributed by atoms with Gasteiger partial charge in [-0.05, 0) is 6.42 Å². The van der Waals surface area contributed by atoms with Gasteiger partial charge in [0.15, 0.2) is 0 Å². The van der Waals surface area contributed by atoms with Gasteiger partial charge in [0.25, 0.3) is 0 Å². The van der Waals surface area contributed by atoms with E-state index >= 15 is 0 Å². The van der Waals surface area contributed by atoms with Crippen LogP contribution in [0.25, 0.3) is 0 Å². The van der Waals surface area contributed by atoms with E-state index in [2.05, 4.69) is 0 Å². The Hall–Kier alpha value is -1.63. The zero-order valence-electron chi connectivity index (χ0n) is 11.8. The summed E-state index contributed by atoms with van der Waals surface area (Å²) in [6.07, 6.45) is 0.219. The van der Waals surface area contributed by atoms with Gasteiger partial charge in [0.2, 0.25) is 0 Å². The van der Waals surface area contributed by atoms with Crippen LogP contribution in [-0.4, -0.2) is 50.4 Å². The topological polar surface area (TPSA) is 99.1 Å². The summed E-state index contributed by atoms with van der Waals surface area (Å²) >= 11 is 0. The van der Waals surface area contributed by atoms with Crippen LogP contribution in [0, 0.1) is 23.7 Å². The first-order valence-corrected chi connectivity index (χ1v) is 6.36. The maximum atomic E-state index is 11.8. The van der Waals surface area contributed by atoms with Crippen molar-refractivity contribution in [1.29, 1.82) is 0 Å². The van der Waals surface area contributed by atoms with E-state index in [0.29, 0.717) is 0 Å². The zero-order chi connectivity index (χ0) is 15.3. The van der Waals surface area contributed by atoms with Gasteiger partial charge < -0.3 is 19.3 Å². The normalized spacial score (nSPS) is 28.8. The average Bonchev–Trinajstić information content (AvgIpc) is 2.81. The Labute approximate surface area is 117 Å². The molecule has 7 heteroatoms. The number of esters is 3. The molecule has 0 spiro atoms. The molecule has 0 bridgehead atoms. The van der Waals surface area contributed by atoms with E-state index < -0.39 is 41.6 Å². The number of carbonyl (C=O) groups is 3. The second kappa shape index (κ2) is 7.23. The lowest BCUT2D eigenvalue weighted by molar-refractivity contribution is -0.152. The highest BCUT2D eigenvalue weighted by molar-refractivity contribution is 5.78. The maximum Gasteiger partial charge on any atom is 0.309 e. The monoisotopic (exact) mass is 288 g/mol. The summed E-state index contributed by atoms with van der Waals surface area (Å²) in [5.41, 5.74) is 0. The number of rotatable bonds is 5. The van der Waals surface area contributed by atoms with E-state index in [1.54, 1.807) is 0 Å². The Morgan fingerprint density at radius 1 is 1.05 bits per heavy atom. The van der Waals surface area contributed by atoms with Gasteiger partial charge in [0.05, 0.1) is 32.7 Å². The molecule has 0 aromatic heterocycles. The molecular weight excluding hydrogens is 268 g/mol. The van der Waals surface area contributed by atoms with E-state index in [9.17, 15) is 19.5 Å². The summed E-state index contributed by atoms with van der Waals surface area (Å²) in [4.78, 5) is 34.4. The summed E-state index contributed by atoms with van der Waals surface area (Å²) in [6, 6.07) is 0. The first-order chi connectivity index (χ1) is 9.46. The summed E-state index contributed by atoms with van der Waals surface area (Å²) in [5.74, 6) is -3.59. The van der Waals surface area contributed by atoms with Crippen LogP contribution in [0.15, 0.2) is 0 Å². The number of hydrogen-bond donors (Lipinski definition) is 1. The summed E-state index contributed by atoms with van der Waals surface area (Å²) in [7, 11) is 2.51. The van der Waals surface area contributed by atoms with Gasteiger partial charge in [0, 0.05) is 25.4 Å². The second-order valence-corrected chi connectivity index (χ2v) is 4.81. The van der Waals surface area contributed by atoms with Gasteiger partial charge in [-0.15, -0.1) is 0 Å². The smallest absolute Gasteiger partial charge is 0.309 e. The molecule has 0 heterocycles. The van der Waals surface area contributed by atoms with Crippen LogP contribution in [0.4, 0.5) is 0 Å². The van der Waals surface area contributed by atoms with Gasteiger partial charge >= 0.3 is 17.9 Å². The summed E-state index contributed by atoms with van der Waals surface area (Å²) in [6.45, 7) is 0.931. The fraction of sp³-hybridized carbons (Fsp3) is 0.769. The number of aliphatic hydroxyl groups is 1. The third kappa shape index (κ3) is 3.47. The van der Waals surface area contributed by atoms with E-state index in [1.807, 2.05) is 0 Å². The van der Waals surface area contributed by atoms with Crippen molar-refractivity contribution >= 4 is 17.9 Å². The fourth-order valence-corrected chi connectivity index (χ4v) is 2.78. The highest BCUT2D eigenvalue weighted by Crippen LogP contribution is 2.43. The van der Waals surface area contributed by atoms with Crippen molar-refractivity contribution in [2.75, 3.05) is 27.4 Å². The van der Waals surface area contributed by atoms with Gasteiger partial charge in [0.1, 0.15) is 0 Å². The SMILES string of the molecule is COC(=O)[C@H]1C[C@@H](C(=O)OC)[C@H](COC(C)=O)[C@@H]1CO. The van der Waals surface area contributed by atoms with Crippen molar-refractivity contribution < 1.29 is 33.7 Å². The minimum Gasteiger partial charge on any atom is -0.469 e. The number of carbonyl (C=O) groups excluding carboxylic acids is 3. The van der Waals surface area contributed by atoms with E-state index in [-0.39, 0.29) is 19.6 Å². The Morgan fingerprint density at radius 3 is 1.95 bits per heavy atom. The Morgan fingerprint density at radius 2 is 1.55 bits per heavy atom. The first kappa shape index (κ1) is 16.4. The standard InChI is InChI=1S/C13H20O7/c1-7(15)20-6-11-9(13(17)19-3)4-8(10(11)5-14)12(16)18-2/h8-11,14H,4-6H2,1-3H3/t8-,9+,10+,11-/m0/s1. The lowest BCUT2D eigenvalue weighted by Crippen LogP contribution is -2.31. The van der Waals surface area contributed by atoms with Crippen molar-refractivity contribution in [1.82, 2.24) is 0 Å². The van der Waals surface area contributed by atoms with Crippen molar-refractivity contribution in [2.45, 2.75) is 13.3 Å². The quantitative estimate of drug-likeness (QED) is 0.550. The molecule has 7 nitrogen and oxygen atoms in total. The zero-order valence-corrected chi connectivity index (χ0v) is 11.8. The lowest BCUT2D eigenvalue weighted by Gasteiger charge is -2.23. The lowest BCUT2D eigenvalue weighted by atomic mass is 9.88. The van der Waals surface area contributed by atoms with Crippen LogP contribution in [0.3, 0.4) is 0 Å².